The quantitative estimate of drug-likeness (QED) is 0.193. The molecule has 1 saturated carbocycles. The molecule has 0 radical (unpaired) electrons. The van der Waals surface area contributed by atoms with Crippen LogP contribution in [-0.4, -0.2) is 32.6 Å². The van der Waals surface area contributed by atoms with Gasteiger partial charge in [0.05, 0.1) is 23.7 Å². The maximum atomic E-state index is 14.9. The molecule has 6 rings (SSSR count). The van der Waals surface area contributed by atoms with E-state index in [1.165, 1.54) is 18.3 Å². The smallest absolute Gasteiger partial charge is 0.309 e. The lowest BCUT2D eigenvalue weighted by Gasteiger charge is -2.22. The summed E-state index contributed by atoms with van der Waals surface area (Å²) in [5, 5.41) is 11.7. The monoisotopic (exact) mass is 543 g/mol. The van der Waals surface area contributed by atoms with Gasteiger partial charge < -0.3 is 24.5 Å². The van der Waals surface area contributed by atoms with Gasteiger partial charge in [-0.05, 0) is 55.5 Å². The molecule has 0 aliphatic heterocycles. The number of carbonyl (C=O) groups is 1. The summed E-state index contributed by atoms with van der Waals surface area (Å²) in [5.74, 6) is -1.71. The Hall–Kier alpha value is -4.50. The normalized spacial score (nSPS) is 17.9. The summed E-state index contributed by atoms with van der Waals surface area (Å²) in [6.07, 6.45) is 3.87. The molecule has 5 aromatic rings. The van der Waals surface area contributed by atoms with Crippen molar-refractivity contribution < 1.29 is 28.2 Å². The second kappa shape index (κ2) is 9.91. The molecular weight excluding hydrogens is 516 g/mol. The van der Waals surface area contributed by atoms with E-state index >= 15 is 0 Å². The van der Waals surface area contributed by atoms with E-state index in [1.54, 1.807) is 44.3 Å². The first-order valence-corrected chi connectivity index (χ1v) is 13.0. The molecular formula is C31H27F2N3O4. The van der Waals surface area contributed by atoms with Crippen LogP contribution in [0.1, 0.15) is 43.0 Å². The van der Waals surface area contributed by atoms with Gasteiger partial charge in [0, 0.05) is 29.4 Å². The fourth-order valence-electron chi connectivity index (χ4n) is 5.04. The van der Waals surface area contributed by atoms with Gasteiger partial charge in [-0.2, -0.15) is 0 Å². The molecule has 2 heterocycles. The molecule has 2 aromatic heterocycles. The molecule has 3 aromatic carbocycles. The zero-order chi connectivity index (χ0) is 28.0. The predicted molar refractivity (Wildman–Crippen MR) is 145 cm³/mol. The van der Waals surface area contributed by atoms with Gasteiger partial charge in [0.1, 0.15) is 17.2 Å². The van der Waals surface area contributed by atoms with E-state index in [2.05, 4.69) is 15.0 Å². The number of nitrogens with zero attached hydrogens (tertiary/aromatic N) is 1. The van der Waals surface area contributed by atoms with Crippen LogP contribution in [0.25, 0.3) is 22.3 Å². The molecule has 0 bridgehead atoms. The Morgan fingerprint density at radius 3 is 2.77 bits per heavy atom. The van der Waals surface area contributed by atoms with E-state index in [-0.39, 0.29) is 28.9 Å². The lowest BCUT2D eigenvalue weighted by atomic mass is 9.91. The average Bonchev–Trinajstić information content (AvgIpc) is 3.34. The van der Waals surface area contributed by atoms with Crippen LogP contribution in [-0.2, 0) is 15.1 Å². The van der Waals surface area contributed by atoms with Gasteiger partial charge in [0.25, 0.3) is 0 Å². The van der Waals surface area contributed by atoms with Crippen LogP contribution in [0.3, 0.4) is 0 Å². The molecule has 0 spiro atoms. The number of carbonyl (C=O) groups excluding carboxylic acids is 1. The molecule has 7 nitrogen and oxygen atoms in total. The fourth-order valence-corrected chi connectivity index (χ4v) is 5.04. The molecule has 40 heavy (non-hydrogen) atoms. The Bertz CT molecular complexity index is 1720. The minimum absolute atomic E-state index is 0.0694. The molecule has 3 atom stereocenters. The lowest BCUT2D eigenvalue weighted by molar-refractivity contribution is -0.144. The van der Waals surface area contributed by atoms with E-state index in [4.69, 9.17) is 9.47 Å². The molecule has 1 fully saturated rings. The van der Waals surface area contributed by atoms with Crippen LogP contribution < -0.4 is 4.74 Å². The highest BCUT2D eigenvalue weighted by Crippen LogP contribution is 2.49. The van der Waals surface area contributed by atoms with Crippen molar-refractivity contribution in [3.63, 3.8) is 0 Å². The molecule has 3 N–H and O–H groups in total. The number of hydrogen-bond acceptors (Lipinski definition) is 5. The largest absolute Gasteiger partial charge is 0.466 e. The number of ether oxygens (including phenoxy) is 2. The Labute approximate surface area is 228 Å². The van der Waals surface area contributed by atoms with E-state index < -0.39 is 23.0 Å². The van der Waals surface area contributed by atoms with Crippen LogP contribution in [0.5, 0.6) is 11.5 Å². The van der Waals surface area contributed by atoms with Gasteiger partial charge in [-0.3, -0.25) is 4.79 Å². The van der Waals surface area contributed by atoms with Crippen LogP contribution in [0.4, 0.5) is 8.78 Å². The highest BCUT2D eigenvalue weighted by Gasteiger charge is 2.45. The second-order valence-electron chi connectivity index (χ2n) is 10.1. The van der Waals surface area contributed by atoms with Gasteiger partial charge in [0.2, 0.25) is 0 Å². The van der Waals surface area contributed by atoms with Crippen molar-refractivity contribution >= 4 is 16.9 Å². The van der Waals surface area contributed by atoms with Crippen molar-refractivity contribution in [2.75, 3.05) is 6.61 Å². The van der Waals surface area contributed by atoms with Gasteiger partial charge in [-0.25, -0.2) is 13.8 Å². The number of fused-ring (bicyclic) bond motifs is 1. The first kappa shape index (κ1) is 25.8. The topological polar surface area (TPSA) is 100 Å². The first-order valence-electron chi connectivity index (χ1n) is 13.0. The van der Waals surface area contributed by atoms with E-state index in [9.17, 15) is 18.7 Å². The van der Waals surface area contributed by atoms with Crippen LogP contribution in [0, 0.1) is 17.6 Å². The zero-order valence-electron chi connectivity index (χ0n) is 21.9. The summed E-state index contributed by atoms with van der Waals surface area (Å²) in [4.78, 5) is 22.6. The standard InChI is InChI=1S/C31H27F2N3O4/c1-3-39-30(37)23-14-22(23)17-6-4-8-19(12-17)31(2,38)26-16-35-29(36-26)18-7-5-9-20(13-18)40-28-24(32)15-25-21(27(28)33)10-11-34-25/h4-13,15-16,22-23,34,38H,3,14H2,1-2H3,(H,35,36)/t22-,23+,31?/m0/s1. The number of aromatic nitrogens is 3. The van der Waals surface area contributed by atoms with Crippen LogP contribution in [0.15, 0.2) is 73.1 Å². The third kappa shape index (κ3) is 4.62. The van der Waals surface area contributed by atoms with E-state index in [0.29, 0.717) is 34.8 Å². The van der Waals surface area contributed by atoms with Crippen molar-refractivity contribution in [1.29, 1.82) is 0 Å². The van der Waals surface area contributed by atoms with Gasteiger partial charge >= 0.3 is 5.97 Å². The number of esters is 1. The van der Waals surface area contributed by atoms with Crippen molar-refractivity contribution in [1.82, 2.24) is 15.0 Å². The third-order valence-electron chi connectivity index (χ3n) is 7.36. The zero-order valence-corrected chi connectivity index (χ0v) is 21.9. The highest BCUT2D eigenvalue weighted by atomic mass is 19.1. The SMILES string of the molecule is CCOC(=O)[C@@H]1C[C@H]1c1cccc(C(C)(O)c2c[nH]c(-c3cccc(Oc4c(F)cc5[nH]ccc5c4F)c3)n2)c1. The summed E-state index contributed by atoms with van der Waals surface area (Å²) < 4.78 is 40.2. The number of aliphatic hydroxyl groups is 1. The molecule has 0 amide bonds. The third-order valence-corrected chi connectivity index (χ3v) is 7.36. The van der Waals surface area contributed by atoms with Crippen molar-refractivity contribution in [3.8, 4) is 22.9 Å². The minimum Gasteiger partial charge on any atom is -0.466 e. The Balaban J connectivity index is 1.23. The van der Waals surface area contributed by atoms with Gasteiger partial charge in [-0.15, -0.1) is 0 Å². The molecule has 1 aliphatic carbocycles. The Morgan fingerprint density at radius 1 is 1.12 bits per heavy atom. The van der Waals surface area contributed by atoms with Crippen LogP contribution >= 0.6 is 0 Å². The van der Waals surface area contributed by atoms with Gasteiger partial charge in [-0.1, -0.05) is 36.4 Å². The number of benzene rings is 3. The number of H-pyrrole nitrogens is 2. The molecule has 0 saturated heterocycles. The maximum absolute atomic E-state index is 14.9. The van der Waals surface area contributed by atoms with Crippen molar-refractivity contribution in [2.24, 2.45) is 5.92 Å². The molecule has 204 valence electrons. The summed E-state index contributed by atoms with van der Waals surface area (Å²) >= 11 is 0. The Morgan fingerprint density at radius 2 is 1.95 bits per heavy atom. The number of nitrogens with one attached hydrogen (secondary N) is 2. The minimum atomic E-state index is -1.43. The summed E-state index contributed by atoms with van der Waals surface area (Å²) in [6, 6.07) is 16.9. The number of imidazole rings is 1. The molecule has 1 unspecified atom stereocenters. The van der Waals surface area contributed by atoms with Crippen LogP contribution in [0.2, 0.25) is 0 Å². The van der Waals surface area contributed by atoms with Gasteiger partial charge in [0.15, 0.2) is 17.4 Å². The average molecular weight is 544 g/mol. The first-order chi connectivity index (χ1) is 19.3. The highest BCUT2D eigenvalue weighted by molar-refractivity contribution is 5.82. The lowest BCUT2D eigenvalue weighted by Crippen LogP contribution is -2.23. The maximum Gasteiger partial charge on any atom is 0.309 e. The van der Waals surface area contributed by atoms with E-state index in [1.807, 2.05) is 24.3 Å². The number of rotatable bonds is 8. The number of aromatic amines is 2. The number of hydrogen-bond donors (Lipinski definition) is 3. The number of halogens is 2. The summed E-state index contributed by atoms with van der Waals surface area (Å²) in [7, 11) is 0. The summed E-state index contributed by atoms with van der Waals surface area (Å²) in [5.41, 5.74) is 1.51. The fraction of sp³-hybridized carbons (Fsp3) is 0.226. The molecule has 9 heteroatoms. The van der Waals surface area contributed by atoms with Crippen molar-refractivity contribution in [3.05, 3.63) is 102 Å². The predicted octanol–water partition coefficient (Wildman–Crippen LogP) is 6.55. The molecule has 1 aliphatic rings. The second-order valence-corrected chi connectivity index (χ2v) is 10.1. The van der Waals surface area contributed by atoms with E-state index in [0.717, 1.165) is 12.0 Å². The van der Waals surface area contributed by atoms with Crippen molar-refractivity contribution in [2.45, 2.75) is 31.8 Å². The Kier molecular flexibility index (Phi) is 6.38. The summed E-state index contributed by atoms with van der Waals surface area (Å²) in [6.45, 7) is 3.80.